The normalized spacial score (nSPS) is 13.7. The summed E-state index contributed by atoms with van der Waals surface area (Å²) in [6, 6.07) is 4.41. The third-order valence-corrected chi connectivity index (χ3v) is 4.45. The summed E-state index contributed by atoms with van der Waals surface area (Å²) in [5.74, 6) is -0.824. The number of likely N-dealkylation sites (tertiary alicyclic amines) is 1. The van der Waals surface area contributed by atoms with Crippen LogP contribution in [0.3, 0.4) is 0 Å². The summed E-state index contributed by atoms with van der Waals surface area (Å²) in [5.41, 5.74) is 0.705. The minimum atomic E-state index is -0.849. The summed E-state index contributed by atoms with van der Waals surface area (Å²) in [5, 5.41) is 7.08. The van der Waals surface area contributed by atoms with Crippen molar-refractivity contribution >= 4 is 40.5 Å². The highest BCUT2D eigenvalue weighted by atomic mass is 35.5. The maximum Gasteiger partial charge on any atom is 0.275 e. The molecule has 1 aliphatic rings. The van der Waals surface area contributed by atoms with Crippen molar-refractivity contribution in [3.8, 4) is 0 Å². The molecule has 4 rings (SSSR count). The zero-order valence-corrected chi connectivity index (χ0v) is 14.7. The Labute approximate surface area is 158 Å². The van der Waals surface area contributed by atoms with E-state index in [1.807, 2.05) is 0 Å². The van der Waals surface area contributed by atoms with E-state index in [0.717, 1.165) is 12.8 Å². The Morgan fingerprint density at radius 2 is 2.11 bits per heavy atom. The average molecular weight is 386 g/mol. The van der Waals surface area contributed by atoms with Crippen molar-refractivity contribution in [1.29, 1.82) is 0 Å². The van der Waals surface area contributed by atoms with Gasteiger partial charge < -0.3 is 15.1 Å². The number of pyridine rings is 1. The van der Waals surface area contributed by atoms with Crippen molar-refractivity contribution in [3.63, 3.8) is 0 Å². The first-order valence-corrected chi connectivity index (χ1v) is 8.59. The van der Waals surface area contributed by atoms with E-state index in [1.165, 1.54) is 28.9 Å². The van der Waals surface area contributed by atoms with E-state index in [0.29, 0.717) is 24.4 Å². The van der Waals surface area contributed by atoms with E-state index in [9.17, 15) is 9.18 Å². The standard InChI is InChI=1S/C17H13ClFN7O/c1-20-14-9-21-16-11(8-12(18)24-26(14)16)22-13-5-4-10(15(19)23-13)17(27)25-6-2-3-7-25/h4-5,8-9H,2-3,6-7H2,(H,22,23). The smallest absolute Gasteiger partial charge is 0.275 e. The Hall–Kier alpha value is -3.25. The SMILES string of the molecule is [C-]#[N+]c1cnc2c(Nc3ccc(C(=O)N4CCCC4)c(F)n3)cc(Cl)nn12. The Morgan fingerprint density at radius 1 is 1.33 bits per heavy atom. The molecule has 1 amide bonds. The number of aromatic nitrogens is 4. The van der Waals surface area contributed by atoms with Gasteiger partial charge >= 0.3 is 0 Å². The fourth-order valence-corrected chi connectivity index (χ4v) is 3.17. The molecule has 0 spiro atoms. The number of anilines is 2. The van der Waals surface area contributed by atoms with Crippen molar-refractivity contribution in [2.45, 2.75) is 12.8 Å². The van der Waals surface area contributed by atoms with Crippen LogP contribution in [0.5, 0.6) is 0 Å². The first-order valence-electron chi connectivity index (χ1n) is 8.21. The Balaban J connectivity index is 1.65. The molecule has 0 atom stereocenters. The lowest BCUT2D eigenvalue weighted by Crippen LogP contribution is -2.28. The maximum absolute atomic E-state index is 14.4. The molecule has 136 valence electrons. The van der Waals surface area contributed by atoms with Crippen LogP contribution in [-0.2, 0) is 0 Å². The first-order chi connectivity index (χ1) is 13.1. The Kier molecular flexibility index (Phi) is 4.33. The monoisotopic (exact) mass is 385 g/mol. The molecular formula is C17H13ClFN7O. The third kappa shape index (κ3) is 3.15. The molecule has 1 saturated heterocycles. The second kappa shape index (κ2) is 6.81. The van der Waals surface area contributed by atoms with Gasteiger partial charge in [-0.25, -0.2) is 9.97 Å². The van der Waals surface area contributed by atoms with Gasteiger partial charge in [0.05, 0.1) is 11.8 Å². The van der Waals surface area contributed by atoms with Crippen LogP contribution < -0.4 is 5.32 Å². The number of amides is 1. The van der Waals surface area contributed by atoms with Gasteiger partial charge in [-0.05, 0) is 25.0 Å². The molecule has 0 unspecified atom stereocenters. The molecule has 3 aromatic heterocycles. The summed E-state index contributed by atoms with van der Waals surface area (Å²) in [4.78, 5) is 25.3. The van der Waals surface area contributed by atoms with Crippen LogP contribution in [-0.4, -0.2) is 43.5 Å². The van der Waals surface area contributed by atoms with E-state index in [-0.39, 0.29) is 28.3 Å². The van der Waals surface area contributed by atoms with Gasteiger partial charge in [-0.2, -0.15) is 4.39 Å². The van der Waals surface area contributed by atoms with Gasteiger partial charge in [0.1, 0.15) is 11.5 Å². The molecule has 1 fully saturated rings. The zero-order chi connectivity index (χ0) is 19.0. The molecular weight excluding hydrogens is 373 g/mol. The van der Waals surface area contributed by atoms with Crippen molar-refractivity contribution < 1.29 is 9.18 Å². The Morgan fingerprint density at radius 3 is 2.81 bits per heavy atom. The number of nitrogens with one attached hydrogen (secondary N) is 1. The van der Waals surface area contributed by atoms with Gasteiger partial charge in [-0.3, -0.25) is 4.79 Å². The van der Waals surface area contributed by atoms with Crippen LogP contribution in [0.25, 0.3) is 10.5 Å². The van der Waals surface area contributed by atoms with E-state index in [4.69, 9.17) is 18.2 Å². The van der Waals surface area contributed by atoms with Crippen molar-refractivity contribution in [3.05, 3.63) is 52.5 Å². The van der Waals surface area contributed by atoms with Crippen LogP contribution in [0.1, 0.15) is 23.2 Å². The quantitative estimate of drug-likeness (QED) is 0.551. The number of hydrogen-bond acceptors (Lipinski definition) is 5. The fraction of sp³-hybridized carbons (Fsp3) is 0.235. The molecule has 1 N–H and O–H groups in total. The largest absolute Gasteiger partial charge is 0.360 e. The second-order valence-corrected chi connectivity index (χ2v) is 6.39. The molecule has 3 aromatic rings. The highest BCUT2D eigenvalue weighted by Gasteiger charge is 2.23. The second-order valence-electron chi connectivity index (χ2n) is 6.00. The van der Waals surface area contributed by atoms with Gasteiger partial charge in [0, 0.05) is 19.2 Å². The molecule has 1 aliphatic heterocycles. The molecule has 0 saturated carbocycles. The van der Waals surface area contributed by atoms with E-state index >= 15 is 0 Å². The molecule has 4 heterocycles. The Bertz CT molecular complexity index is 1080. The molecule has 8 nitrogen and oxygen atoms in total. The molecule has 0 aromatic carbocycles. The average Bonchev–Trinajstić information content (AvgIpc) is 3.31. The van der Waals surface area contributed by atoms with Gasteiger partial charge in [-0.1, -0.05) is 23.3 Å². The number of carbonyl (C=O) groups is 1. The highest BCUT2D eigenvalue weighted by Crippen LogP contribution is 2.26. The number of fused-ring (bicyclic) bond motifs is 1. The third-order valence-electron chi connectivity index (χ3n) is 4.27. The lowest BCUT2D eigenvalue weighted by Gasteiger charge is -2.15. The summed E-state index contributed by atoms with van der Waals surface area (Å²) >= 11 is 6.00. The predicted molar refractivity (Wildman–Crippen MR) is 96.9 cm³/mol. The predicted octanol–water partition coefficient (Wildman–Crippen LogP) is 3.45. The van der Waals surface area contributed by atoms with E-state index in [2.05, 4.69) is 25.2 Å². The van der Waals surface area contributed by atoms with Crippen LogP contribution in [0.4, 0.5) is 21.7 Å². The lowest BCUT2D eigenvalue weighted by molar-refractivity contribution is 0.0787. The topological polar surface area (TPSA) is 79.8 Å². The maximum atomic E-state index is 14.4. The summed E-state index contributed by atoms with van der Waals surface area (Å²) in [6.45, 7) is 8.40. The number of halogens is 2. The van der Waals surface area contributed by atoms with Crippen LogP contribution in [0.15, 0.2) is 24.4 Å². The minimum Gasteiger partial charge on any atom is -0.360 e. The molecule has 0 radical (unpaired) electrons. The lowest BCUT2D eigenvalue weighted by atomic mass is 10.2. The van der Waals surface area contributed by atoms with Crippen LogP contribution in [0, 0.1) is 12.5 Å². The fourth-order valence-electron chi connectivity index (χ4n) is 2.99. The van der Waals surface area contributed by atoms with Crippen LogP contribution in [0.2, 0.25) is 5.15 Å². The first kappa shape index (κ1) is 17.2. The van der Waals surface area contributed by atoms with Crippen molar-refractivity contribution in [2.24, 2.45) is 0 Å². The minimum absolute atomic E-state index is 0.0588. The number of imidazole rings is 1. The van der Waals surface area contributed by atoms with E-state index < -0.39 is 5.95 Å². The van der Waals surface area contributed by atoms with Gasteiger partial charge in [-0.15, -0.1) is 4.52 Å². The zero-order valence-electron chi connectivity index (χ0n) is 14.0. The molecule has 0 aliphatic carbocycles. The van der Waals surface area contributed by atoms with Gasteiger partial charge in [0.15, 0.2) is 5.15 Å². The number of rotatable bonds is 3. The highest BCUT2D eigenvalue weighted by molar-refractivity contribution is 6.29. The van der Waals surface area contributed by atoms with Crippen molar-refractivity contribution in [2.75, 3.05) is 18.4 Å². The summed E-state index contributed by atoms with van der Waals surface area (Å²) < 4.78 is 15.7. The number of carbonyl (C=O) groups excluding carboxylic acids is 1. The molecule has 10 heteroatoms. The van der Waals surface area contributed by atoms with Crippen LogP contribution >= 0.6 is 11.6 Å². The summed E-state index contributed by atoms with van der Waals surface area (Å²) in [6.07, 6.45) is 3.22. The van der Waals surface area contributed by atoms with E-state index in [1.54, 1.807) is 4.90 Å². The molecule has 0 bridgehead atoms. The van der Waals surface area contributed by atoms with Gasteiger partial charge in [0.2, 0.25) is 5.95 Å². The summed E-state index contributed by atoms with van der Waals surface area (Å²) in [7, 11) is 0. The van der Waals surface area contributed by atoms with Crippen molar-refractivity contribution in [1.82, 2.24) is 24.5 Å². The van der Waals surface area contributed by atoms with Gasteiger partial charge in [0.25, 0.3) is 17.4 Å². The number of hydrogen-bond donors (Lipinski definition) is 1. The molecule has 27 heavy (non-hydrogen) atoms. The number of nitrogens with zero attached hydrogens (tertiary/aromatic N) is 6.